The van der Waals surface area contributed by atoms with E-state index >= 15 is 0 Å². The summed E-state index contributed by atoms with van der Waals surface area (Å²) in [6.45, 7) is 5.36. The van der Waals surface area contributed by atoms with Crippen LogP contribution in [0.2, 0.25) is 0 Å². The molecule has 0 heterocycles. The van der Waals surface area contributed by atoms with E-state index in [-0.39, 0.29) is 24.8 Å². The molecule has 0 aliphatic rings. The van der Waals surface area contributed by atoms with Gasteiger partial charge in [-0.25, -0.2) is 4.39 Å². The van der Waals surface area contributed by atoms with Crippen LogP contribution in [-0.2, 0) is 9.53 Å². The lowest BCUT2D eigenvalue weighted by molar-refractivity contribution is -0.144. The Morgan fingerprint density at radius 2 is 2.00 bits per heavy atom. The Bertz CT molecular complexity index is 485. The lowest BCUT2D eigenvalue weighted by Gasteiger charge is -2.25. The number of benzene rings is 1. The van der Waals surface area contributed by atoms with Crippen molar-refractivity contribution in [1.29, 1.82) is 0 Å². The molecule has 0 radical (unpaired) electrons. The average molecular weight is 346 g/mol. The molecule has 0 atom stereocenters. The second-order valence-electron chi connectivity index (χ2n) is 4.49. The average Bonchev–Trinajstić information content (AvgIpc) is 2.34. The highest BCUT2D eigenvalue weighted by Crippen LogP contribution is 2.17. The fourth-order valence-electron chi connectivity index (χ4n) is 1.68. The summed E-state index contributed by atoms with van der Waals surface area (Å²) in [6.07, 6.45) is 0. The monoisotopic (exact) mass is 345 g/mol. The number of nitrogens with zero attached hydrogens (tertiary/aromatic N) is 1. The van der Waals surface area contributed by atoms with E-state index in [0.29, 0.717) is 4.47 Å². The summed E-state index contributed by atoms with van der Waals surface area (Å²) in [5, 5.41) is 0. The first-order chi connectivity index (χ1) is 9.35. The highest BCUT2D eigenvalue weighted by atomic mass is 79.9. The summed E-state index contributed by atoms with van der Waals surface area (Å²) in [6, 6.07) is 3.73. The lowest BCUT2D eigenvalue weighted by atomic mass is 10.1. The van der Waals surface area contributed by atoms with E-state index in [1.54, 1.807) is 20.8 Å². The van der Waals surface area contributed by atoms with Crippen LogP contribution < -0.4 is 0 Å². The summed E-state index contributed by atoms with van der Waals surface area (Å²) in [4.78, 5) is 25.2. The van der Waals surface area contributed by atoms with Gasteiger partial charge in [0.2, 0.25) is 0 Å². The molecule has 20 heavy (non-hydrogen) atoms. The number of carbonyl (C=O) groups excluding carboxylic acids is 2. The van der Waals surface area contributed by atoms with Crippen LogP contribution in [0.15, 0.2) is 22.7 Å². The van der Waals surface area contributed by atoms with Crippen molar-refractivity contribution in [1.82, 2.24) is 4.90 Å². The molecule has 0 fully saturated rings. The van der Waals surface area contributed by atoms with Gasteiger partial charge in [0.25, 0.3) is 5.91 Å². The van der Waals surface area contributed by atoms with Crippen LogP contribution in [-0.4, -0.2) is 36.0 Å². The summed E-state index contributed by atoms with van der Waals surface area (Å²) in [5.74, 6) is -1.40. The molecule has 0 aromatic heterocycles. The predicted molar refractivity (Wildman–Crippen MR) is 76.9 cm³/mol. The van der Waals surface area contributed by atoms with Crippen molar-refractivity contribution < 1.29 is 18.7 Å². The Balaban J connectivity index is 2.96. The number of hydrogen-bond acceptors (Lipinski definition) is 3. The number of hydrogen-bond donors (Lipinski definition) is 0. The summed E-state index contributed by atoms with van der Waals surface area (Å²) in [5.41, 5.74) is 0.190. The largest absolute Gasteiger partial charge is 0.465 e. The van der Waals surface area contributed by atoms with Crippen LogP contribution in [0.5, 0.6) is 0 Å². The number of amides is 1. The van der Waals surface area contributed by atoms with Crippen LogP contribution in [0, 0.1) is 5.82 Å². The number of halogens is 2. The van der Waals surface area contributed by atoms with Gasteiger partial charge in [-0.05, 0) is 39.0 Å². The number of ether oxygens (including phenoxy) is 1. The van der Waals surface area contributed by atoms with Gasteiger partial charge < -0.3 is 9.64 Å². The second kappa shape index (κ2) is 7.38. The van der Waals surface area contributed by atoms with Gasteiger partial charge in [0, 0.05) is 16.1 Å². The molecule has 0 saturated carbocycles. The minimum absolute atomic E-state index is 0.154. The molecule has 1 amide bonds. The van der Waals surface area contributed by atoms with Gasteiger partial charge in [0.1, 0.15) is 12.4 Å². The Labute approximate surface area is 126 Å². The van der Waals surface area contributed by atoms with Crippen LogP contribution in [0.1, 0.15) is 31.1 Å². The molecule has 0 spiro atoms. The number of rotatable bonds is 5. The summed E-state index contributed by atoms with van der Waals surface area (Å²) in [7, 11) is 0. The fraction of sp³-hybridized carbons (Fsp3) is 0.429. The summed E-state index contributed by atoms with van der Waals surface area (Å²) < 4.78 is 18.7. The van der Waals surface area contributed by atoms with Crippen molar-refractivity contribution in [2.75, 3.05) is 13.2 Å². The molecule has 1 rings (SSSR count). The van der Waals surface area contributed by atoms with E-state index in [1.807, 2.05) is 0 Å². The molecule has 0 bridgehead atoms. The molecule has 0 N–H and O–H groups in total. The van der Waals surface area contributed by atoms with Gasteiger partial charge in [-0.1, -0.05) is 15.9 Å². The van der Waals surface area contributed by atoms with E-state index in [1.165, 1.54) is 17.0 Å². The number of carbonyl (C=O) groups is 2. The molecule has 0 saturated heterocycles. The summed E-state index contributed by atoms with van der Waals surface area (Å²) >= 11 is 3.14. The molecular formula is C14H17BrFNO3. The molecule has 4 nitrogen and oxygen atoms in total. The van der Waals surface area contributed by atoms with E-state index in [0.717, 1.165) is 6.07 Å². The lowest BCUT2D eigenvalue weighted by Crippen LogP contribution is -2.41. The third kappa shape index (κ3) is 4.59. The standard InChI is InChI=1S/C14H17BrFNO3/c1-4-20-13(18)8-17(9(2)3)14(19)10-5-11(15)7-12(16)6-10/h5-7,9H,4,8H2,1-3H3. The zero-order valence-electron chi connectivity index (χ0n) is 11.7. The van der Waals surface area contributed by atoms with Crippen molar-refractivity contribution in [2.45, 2.75) is 26.8 Å². The van der Waals surface area contributed by atoms with E-state index in [4.69, 9.17) is 4.74 Å². The van der Waals surface area contributed by atoms with Crippen molar-refractivity contribution in [3.63, 3.8) is 0 Å². The molecule has 110 valence electrons. The minimum Gasteiger partial charge on any atom is -0.465 e. The van der Waals surface area contributed by atoms with Gasteiger partial charge in [-0.15, -0.1) is 0 Å². The van der Waals surface area contributed by atoms with Crippen LogP contribution in [0.3, 0.4) is 0 Å². The van der Waals surface area contributed by atoms with E-state index in [2.05, 4.69) is 15.9 Å². The van der Waals surface area contributed by atoms with Crippen LogP contribution in [0.25, 0.3) is 0 Å². The zero-order valence-corrected chi connectivity index (χ0v) is 13.2. The SMILES string of the molecule is CCOC(=O)CN(C(=O)c1cc(F)cc(Br)c1)C(C)C. The maximum Gasteiger partial charge on any atom is 0.325 e. The topological polar surface area (TPSA) is 46.6 Å². The van der Waals surface area contributed by atoms with Crippen molar-refractivity contribution in [3.8, 4) is 0 Å². The van der Waals surface area contributed by atoms with Crippen LogP contribution >= 0.6 is 15.9 Å². The van der Waals surface area contributed by atoms with Gasteiger partial charge in [0.15, 0.2) is 0 Å². The third-order valence-electron chi connectivity index (χ3n) is 2.60. The van der Waals surface area contributed by atoms with Gasteiger partial charge in [-0.2, -0.15) is 0 Å². The molecule has 6 heteroatoms. The van der Waals surface area contributed by atoms with Gasteiger partial charge >= 0.3 is 5.97 Å². The third-order valence-corrected chi connectivity index (χ3v) is 3.06. The Kier molecular flexibility index (Phi) is 6.13. The van der Waals surface area contributed by atoms with Crippen molar-refractivity contribution >= 4 is 27.8 Å². The molecule has 1 aromatic carbocycles. The Morgan fingerprint density at radius 3 is 2.50 bits per heavy atom. The highest BCUT2D eigenvalue weighted by molar-refractivity contribution is 9.10. The molecule has 0 aliphatic carbocycles. The first-order valence-corrected chi connectivity index (χ1v) is 7.07. The van der Waals surface area contributed by atoms with Crippen LogP contribution in [0.4, 0.5) is 4.39 Å². The quantitative estimate of drug-likeness (QED) is 0.770. The first kappa shape index (κ1) is 16.6. The molecule has 0 unspecified atom stereocenters. The van der Waals surface area contributed by atoms with Crippen molar-refractivity contribution in [2.24, 2.45) is 0 Å². The smallest absolute Gasteiger partial charge is 0.325 e. The highest BCUT2D eigenvalue weighted by Gasteiger charge is 2.22. The zero-order chi connectivity index (χ0) is 15.3. The minimum atomic E-state index is -0.512. The number of esters is 1. The van der Waals surface area contributed by atoms with Gasteiger partial charge in [-0.3, -0.25) is 9.59 Å². The first-order valence-electron chi connectivity index (χ1n) is 6.27. The van der Waals surface area contributed by atoms with Gasteiger partial charge in [0.05, 0.1) is 6.61 Å². The van der Waals surface area contributed by atoms with E-state index in [9.17, 15) is 14.0 Å². The maximum atomic E-state index is 13.3. The Morgan fingerprint density at radius 1 is 1.35 bits per heavy atom. The molecular weight excluding hydrogens is 329 g/mol. The Hall–Kier alpha value is -1.43. The second-order valence-corrected chi connectivity index (χ2v) is 5.41. The van der Waals surface area contributed by atoms with Crippen molar-refractivity contribution in [3.05, 3.63) is 34.1 Å². The molecule has 0 aliphatic heterocycles. The fourth-order valence-corrected chi connectivity index (χ4v) is 2.14. The van der Waals surface area contributed by atoms with E-state index < -0.39 is 17.7 Å². The maximum absolute atomic E-state index is 13.3. The molecule has 1 aromatic rings. The normalized spacial score (nSPS) is 10.5. The predicted octanol–water partition coefficient (Wildman–Crippen LogP) is 3.00.